The van der Waals surface area contributed by atoms with Crippen molar-refractivity contribution < 1.29 is 27.4 Å². The fourth-order valence-electron chi connectivity index (χ4n) is 2.83. The normalized spacial score (nSPS) is 12.7. The van der Waals surface area contributed by atoms with Crippen molar-refractivity contribution in [3.05, 3.63) is 48.0 Å². The van der Waals surface area contributed by atoms with Crippen LogP contribution in [0.15, 0.2) is 42.5 Å². The number of ether oxygens (including phenoxy) is 3. The largest absolute Gasteiger partial charge is 0.491 e. The number of anilines is 1. The number of nitrogens with zero attached hydrogens (tertiary/aromatic N) is 1. The van der Waals surface area contributed by atoms with E-state index < -0.39 is 15.9 Å². The Hall–Kier alpha value is -2.94. The molecule has 1 aliphatic heterocycles. The summed E-state index contributed by atoms with van der Waals surface area (Å²) in [6, 6.07) is 12.1. The molecule has 2 aromatic carbocycles. The maximum atomic E-state index is 12.4. The molecule has 0 fully saturated rings. The second-order valence-electron chi connectivity index (χ2n) is 6.90. The molecule has 3 rings (SSSR count). The summed E-state index contributed by atoms with van der Waals surface area (Å²) in [5, 5.41) is 2.75. The highest BCUT2D eigenvalue weighted by atomic mass is 32.2. The molecule has 8 nitrogen and oxygen atoms in total. The smallest absolute Gasteiger partial charge is 0.241 e. The van der Waals surface area contributed by atoms with Crippen molar-refractivity contribution in [2.45, 2.75) is 26.5 Å². The fourth-order valence-corrected chi connectivity index (χ4v) is 3.68. The average molecular weight is 420 g/mol. The molecule has 0 radical (unpaired) electrons. The van der Waals surface area contributed by atoms with Crippen LogP contribution >= 0.6 is 0 Å². The topological polar surface area (TPSA) is 94.2 Å². The number of rotatable bonds is 8. The molecule has 0 atom stereocenters. The SMILES string of the molecule is CC(C)Oc1cccc(CNC(=O)CN(c2ccc3c(c2)OCO3)S(C)(=O)=O)c1. The average Bonchev–Trinajstić information content (AvgIpc) is 3.11. The molecule has 0 spiro atoms. The number of benzene rings is 2. The lowest BCUT2D eigenvalue weighted by atomic mass is 10.2. The van der Waals surface area contributed by atoms with Gasteiger partial charge >= 0.3 is 0 Å². The van der Waals surface area contributed by atoms with Gasteiger partial charge in [0.05, 0.1) is 18.0 Å². The number of sulfonamides is 1. The van der Waals surface area contributed by atoms with E-state index in [1.165, 1.54) is 0 Å². The highest BCUT2D eigenvalue weighted by Crippen LogP contribution is 2.36. The van der Waals surface area contributed by atoms with Crippen LogP contribution in [0, 0.1) is 0 Å². The van der Waals surface area contributed by atoms with Crippen molar-refractivity contribution in [2.75, 3.05) is 23.9 Å². The maximum absolute atomic E-state index is 12.4. The van der Waals surface area contributed by atoms with E-state index in [9.17, 15) is 13.2 Å². The molecule has 156 valence electrons. The van der Waals surface area contributed by atoms with E-state index in [0.717, 1.165) is 16.1 Å². The molecule has 0 aromatic heterocycles. The van der Waals surface area contributed by atoms with Gasteiger partial charge in [0.2, 0.25) is 22.7 Å². The summed E-state index contributed by atoms with van der Waals surface area (Å²) in [4.78, 5) is 12.4. The van der Waals surface area contributed by atoms with Crippen LogP contribution in [0.25, 0.3) is 0 Å². The predicted octanol–water partition coefficient (Wildman–Crippen LogP) is 2.28. The van der Waals surface area contributed by atoms with Crippen LogP contribution in [0.2, 0.25) is 0 Å². The Balaban J connectivity index is 1.67. The molecule has 1 aliphatic rings. The zero-order valence-electron chi connectivity index (χ0n) is 16.5. The summed E-state index contributed by atoms with van der Waals surface area (Å²) in [7, 11) is -3.68. The number of hydrogen-bond acceptors (Lipinski definition) is 6. The molecule has 0 saturated carbocycles. The predicted molar refractivity (Wildman–Crippen MR) is 109 cm³/mol. The van der Waals surface area contributed by atoms with Crippen molar-refractivity contribution in [3.63, 3.8) is 0 Å². The molecular formula is C20H24N2O6S. The summed E-state index contributed by atoms with van der Waals surface area (Å²) in [5.74, 6) is 1.27. The van der Waals surface area contributed by atoms with E-state index in [-0.39, 0.29) is 26.0 Å². The Kier molecular flexibility index (Phi) is 6.17. The number of amides is 1. The van der Waals surface area contributed by atoms with E-state index in [2.05, 4.69) is 5.32 Å². The Bertz CT molecular complexity index is 990. The summed E-state index contributed by atoms with van der Waals surface area (Å²) in [6.45, 7) is 3.86. The van der Waals surface area contributed by atoms with Gasteiger partial charge in [-0.2, -0.15) is 0 Å². The first-order valence-corrected chi connectivity index (χ1v) is 11.0. The van der Waals surface area contributed by atoms with Gasteiger partial charge in [-0.05, 0) is 43.7 Å². The standard InChI is InChI=1S/C20H24N2O6S/c1-14(2)28-17-6-4-5-15(9-17)11-21-20(23)12-22(29(3,24)25)16-7-8-18-19(10-16)27-13-26-18/h4-10,14H,11-13H2,1-3H3,(H,21,23). The van der Waals surface area contributed by atoms with E-state index in [0.29, 0.717) is 22.9 Å². The molecule has 1 heterocycles. The Morgan fingerprint density at radius 1 is 1.17 bits per heavy atom. The molecule has 1 amide bonds. The van der Waals surface area contributed by atoms with Gasteiger partial charge in [0, 0.05) is 12.6 Å². The Morgan fingerprint density at radius 3 is 2.66 bits per heavy atom. The molecule has 0 saturated heterocycles. The minimum Gasteiger partial charge on any atom is -0.491 e. The summed E-state index contributed by atoms with van der Waals surface area (Å²) in [5.41, 5.74) is 1.18. The van der Waals surface area contributed by atoms with Gasteiger partial charge in [-0.3, -0.25) is 9.10 Å². The minimum absolute atomic E-state index is 0.0462. The highest BCUT2D eigenvalue weighted by Gasteiger charge is 2.23. The van der Waals surface area contributed by atoms with Gasteiger partial charge in [0.15, 0.2) is 11.5 Å². The molecule has 9 heteroatoms. The van der Waals surface area contributed by atoms with Gasteiger partial charge in [-0.1, -0.05) is 12.1 Å². The molecule has 0 unspecified atom stereocenters. The van der Waals surface area contributed by atoms with Crippen molar-refractivity contribution in [1.29, 1.82) is 0 Å². The third-order valence-electron chi connectivity index (χ3n) is 4.09. The summed E-state index contributed by atoms with van der Waals surface area (Å²) >= 11 is 0. The summed E-state index contributed by atoms with van der Waals surface area (Å²) < 4.78 is 41.7. The van der Waals surface area contributed by atoms with Crippen LogP contribution in [0.1, 0.15) is 19.4 Å². The number of hydrogen-bond donors (Lipinski definition) is 1. The van der Waals surface area contributed by atoms with E-state index in [1.54, 1.807) is 18.2 Å². The Morgan fingerprint density at radius 2 is 1.93 bits per heavy atom. The van der Waals surface area contributed by atoms with Crippen LogP contribution < -0.4 is 23.8 Å². The lowest BCUT2D eigenvalue weighted by Gasteiger charge is -2.22. The van der Waals surface area contributed by atoms with Crippen LogP contribution in [0.3, 0.4) is 0 Å². The van der Waals surface area contributed by atoms with E-state index in [4.69, 9.17) is 14.2 Å². The second-order valence-corrected chi connectivity index (χ2v) is 8.80. The molecule has 29 heavy (non-hydrogen) atoms. The van der Waals surface area contributed by atoms with Crippen LogP contribution in [-0.4, -0.2) is 40.0 Å². The van der Waals surface area contributed by atoms with Crippen LogP contribution in [0.5, 0.6) is 17.2 Å². The quantitative estimate of drug-likeness (QED) is 0.704. The van der Waals surface area contributed by atoms with Gasteiger partial charge in [0.1, 0.15) is 12.3 Å². The number of carbonyl (C=O) groups excluding carboxylic acids is 1. The van der Waals surface area contributed by atoms with Gasteiger partial charge < -0.3 is 19.5 Å². The molecule has 1 N–H and O–H groups in total. The lowest BCUT2D eigenvalue weighted by Crippen LogP contribution is -2.40. The number of carbonyl (C=O) groups is 1. The first-order chi connectivity index (χ1) is 13.7. The van der Waals surface area contributed by atoms with E-state index >= 15 is 0 Å². The lowest BCUT2D eigenvalue weighted by molar-refractivity contribution is -0.119. The van der Waals surface area contributed by atoms with E-state index in [1.807, 2.05) is 38.1 Å². The monoisotopic (exact) mass is 420 g/mol. The number of nitrogens with one attached hydrogen (secondary N) is 1. The van der Waals surface area contributed by atoms with Gasteiger partial charge in [-0.15, -0.1) is 0 Å². The molecule has 0 bridgehead atoms. The zero-order chi connectivity index (χ0) is 21.0. The van der Waals surface area contributed by atoms with Crippen molar-refractivity contribution in [1.82, 2.24) is 5.32 Å². The molecule has 0 aliphatic carbocycles. The van der Waals surface area contributed by atoms with Crippen LogP contribution in [-0.2, 0) is 21.4 Å². The maximum Gasteiger partial charge on any atom is 0.241 e. The third kappa shape index (κ3) is 5.54. The third-order valence-corrected chi connectivity index (χ3v) is 5.23. The second kappa shape index (κ2) is 8.60. The first-order valence-electron chi connectivity index (χ1n) is 9.12. The highest BCUT2D eigenvalue weighted by molar-refractivity contribution is 7.92. The molecule has 2 aromatic rings. The fraction of sp³-hybridized carbons (Fsp3) is 0.350. The van der Waals surface area contributed by atoms with Gasteiger partial charge in [-0.25, -0.2) is 8.42 Å². The first kappa shape index (κ1) is 20.8. The minimum atomic E-state index is -3.68. The zero-order valence-corrected chi connectivity index (χ0v) is 17.4. The van der Waals surface area contributed by atoms with Gasteiger partial charge in [0.25, 0.3) is 0 Å². The summed E-state index contributed by atoms with van der Waals surface area (Å²) in [6.07, 6.45) is 1.10. The van der Waals surface area contributed by atoms with Crippen molar-refractivity contribution in [3.8, 4) is 17.2 Å². The number of fused-ring (bicyclic) bond motifs is 1. The van der Waals surface area contributed by atoms with Crippen molar-refractivity contribution in [2.24, 2.45) is 0 Å². The Labute approximate surface area is 170 Å². The van der Waals surface area contributed by atoms with Crippen LogP contribution in [0.4, 0.5) is 5.69 Å². The van der Waals surface area contributed by atoms with Crippen molar-refractivity contribution >= 4 is 21.6 Å². The molecular weight excluding hydrogens is 396 g/mol.